The van der Waals surface area contributed by atoms with Gasteiger partial charge in [-0.05, 0) is 31.5 Å². The van der Waals surface area contributed by atoms with Gasteiger partial charge in [-0.3, -0.25) is 4.68 Å². The number of hydrogen-bond acceptors (Lipinski definition) is 5. The van der Waals surface area contributed by atoms with Gasteiger partial charge in [0.15, 0.2) is 0 Å². The number of carbonyl (C=O) groups is 1. The second-order valence-corrected chi connectivity index (χ2v) is 4.60. The van der Waals surface area contributed by atoms with Crippen LogP contribution in [0.2, 0.25) is 0 Å². The Kier molecular flexibility index (Phi) is 4.34. The van der Waals surface area contributed by atoms with E-state index in [-0.39, 0.29) is 12.3 Å². The van der Waals surface area contributed by atoms with Crippen LogP contribution in [0.1, 0.15) is 42.5 Å². The monoisotopic (exact) mass is 274 g/mol. The molecule has 0 amide bonds. The zero-order chi connectivity index (χ0) is 14.5. The lowest BCUT2D eigenvalue weighted by molar-refractivity contribution is 0.0460. The Balaban J connectivity index is 1.93. The molecule has 2 aromatic heterocycles. The topological polar surface area (TPSA) is 83.0 Å². The highest BCUT2D eigenvalue weighted by Gasteiger charge is 2.10. The van der Waals surface area contributed by atoms with Gasteiger partial charge in [-0.15, -0.1) is 0 Å². The van der Waals surface area contributed by atoms with Gasteiger partial charge in [-0.2, -0.15) is 5.10 Å². The molecule has 106 valence electrons. The van der Waals surface area contributed by atoms with E-state index in [1.807, 2.05) is 16.9 Å². The van der Waals surface area contributed by atoms with Crippen LogP contribution in [0.5, 0.6) is 0 Å². The molecule has 0 aliphatic rings. The van der Waals surface area contributed by atoms with Gasteiger partial charge >= 0.3 is 5.97 Å². The lowest BCUT2D eigenvalue weighted by Gasteiger charge is -2.08. The van der Waals surface area contributed by atoms with Gasteiger partial charge in [0.25, 0.3) is 0 Å². The predicted molar refractivity (Wildman–Crippen MR) is 75.0 cm³/mol. The number of esters is 1. The summed E-state index contributed by atoms with van der Waals surface area (Å²) in [5, 5.41) is 4.36. The molecule has 2 rings (SSSR count). The van der Waals surface area contributed by atoms with Gasteiger partial charge < -0.3 is 10.5 Å². The van der Waals surface area contributed by atoms with E-state index >= 15 is 0 Å². The minimum absolute atomic E-state index is 0.133. The molecule has 0 aromatic carbocycles. The van der Waals surface area contributed by atoms with Crippen molar-refractivity contribution in [1.82, 2.24) is 14.8 Å². The molecular weight excluding hydrogens is 256 g/mol. The first-order valence-corrected chi connectivity index (χ1v) is 6.53. The maximum atomic E-state index is 11.8. The lowest BCUT2D eigenvalue weighted by Crippen LogP contribution is -2.09. The van der Waals surface area contributed by atoms with Gasteiger partial charge in [-0.1, -0.05) is 6.92 Å². The van der Waals surface area contributed by atoms with Crippen LogP contribution in [0.3, 0.4) is 0 Å². The summed E-state index contributed by atoms with van der Waals surface area (Å²) >= 11 is 0. The second-order valence-electron chi connectivity index (χ2n) is 4.60. The number of nitrogens with zero attached hydrogens (tertiary/aromatic N) is 3. The Morgan fingerprint density at radius 2 is 2.25 bits per heavy atom. The molecule has 6 heteroatoms. The first-order chi connectivity index (χ1) is 9.60. The molecule has 2 N–H and O–H groups in total. The highest BCUT2D eigenvalue weighted by atomic mass is 16.5. The normalized spacial score (nSPS) is 12.1. The second kappa shape index (κ2) is 6.18. The summed E-state index contributed by atoms with van der Waals surface area (Å²) in [5.74, 6) is -0.483. The van der Waals surface area contributed by atoms with Crippen LogP contribution in [0.15, 0.2) is 30.6 Å². The summed E-state index contributed by atoms with van der Waals surface area (Å²) in [6.45, 7) is 4.31. The summed E-state index contributed by atoms with van der Waals surface area (Å²) in [6.07, 6.45) is 4.31. The van der Waals surface area contributed by atoms with Gasteiger partial charge in [0, 0.05) is 12.2 Å². The van der Waals surface area contributed by atoms with Crippen molar-refractivity contribution in [1.29, 1.82) is 0 Å². The molecular formula is C14H18N4O2. The number of hydrogen-bond donors (Lipinski definition) is 1. The molecule has 2 heterocycles. The van der Waals surface area contributed by atoms with Crippen LogP contribution in [-0.4, -0.2) is 20.7 Å². The van der Waals surface area contributed by atoms with Crippen molar-refractivity contribution in [3.63, 3.8) is 0 Å². The molecule has 0 spiro atoms. The van der Waals surface area contributed by atoms with Crippen LogP contribution >= 0.6 is 0 Å². The van der Waals surface area contributed by atoms with E-state index in [2.05, 4.69) is 23.9 Å². The lowest BCUT2D eigenvalue weighted by atomic mass is 10.3. The Bertz CT molecular complexity index is 577. The largest absolute Gasteiger partial charge is 0.454 e. The van der Waals surface area contributed by atoms with Crippen molar-refractivity contribution < 1.29 is 9.53 Å². The maximum absolute atomic E-state index is 11.8. The Hall–Kier alpha value is -2.37. The van der Waals surface area contributed by atoms with Crippen LogP contribution in [0.25, 0.3) is 0 Å². The summed E-state index contributed by atoms with van der Waals surface area (Å²) in [7, 11) is 0. The van der Waals surface area contributed by atoms with Gasteiger partial charge in [0.05, 0.1) is 17.6 Å². The van der Waals surface area contributed by atoms with Crippen LogP contribution in [0.4, 0.5) is 5.69 Å². The Morgan fingerprint density at radius 1 is 1.45 bits per heavy atom. The molecule has 0 aliphatic heterocycles. The van der Waals surface area contributed by atoms with Gasteiger partial charge in [0.2, 0.25) is 0 Å². The van der Waals surface area contributed by atoms with Crippen molar-refractivity contribution in [2.45, 2.75) is 32.9 Å². The summed E-state index contributed by atoms with van der Waals surface area (Å²) < 4.78 is 7.03. The molecule has 1 atom stereocenters. The van der Waals surface area contributed by atoms with E-state index in [0.29, 0.717) is 17.4 Å². The Labute approximate surface area is 117 Å². The highest BCUT2D eigenvalue weighted by Crippen LogP contribution is 2.10. The summed E-state index contributed by atoms with van der Waals surface area (Å²) in [4.78, 5) is 15.7. The Morgan fingerprint density at radius 3 is 2.90 bits per heavy atom. The predicted octanol–water partition coefficient (Wildman–Crippen LogP) is 2.19. The zero-order valence-electron chi connectivity index (χ0n) is 11.6. The maximum Gasteiger partial charge on any atom is 0.357 e. The molecule has 0 radical (unpaired) electrons. The quantitative estimate of drug-likeness (QED) is 0.845. The fourth-order valence-corrected chi connectivity index (χ4v) is 1.63. The van der Waals surface area contributed by atoms with E-state index in [1.165, 1.54) is 12.3 Å². The SMILES string of the molecule is CCC(C)n1ccc(COC(=O)c2ccc(N)cn2)n1. The van der Waals surface area contributed by atoms with Crippen molar-refractivity contribution in [3.8, 4) is 0 Å². The van der Waals surface area contributed by atoms with E-state index in [4.69, 9.17) is 10.5 Å². The summed E-state index contributed by atoms with van der Waals surface area (Å²) in [6, 6.07) is 5.32. The van der Waals surface area contributed by atoms with Crippen LogP contribution in [0, 0.1) is 0 Å². The highest BCUT2D eigenvalue weighted by molar-refractivity contribution is 5.87. The van der Waals surface area contributed by atoms with Crippen molar-refractivity contribution in [3.05, 3.63) is 42.0 Å². The fourth-order valence-electron chi connectivity index (χ4n) is 1.63. The molecule has 0 aliphatic carbocycles. The third-order valence-electron chi connectivity index (χ3n) is 3.05. The number of carbonyl (C=O) groups excluding carboxylic acids is 1. The number of anilines is 1. The average Bonchev–Trinajstić information content (AvgIpc) is 2.93. The third kappa shape index (κ3) is 3.34. The molecule has 20 heavy (non-hydrogen) atoms. The number of aromatic nitrogens is 3. The molecule has 6 nitrogen and oxygen atoms in total. The summed E-state index contributed by atoms with van der Waals surface area (Å²) in [5.41, 5.74) is 6.97. The minimum atomic E-state index is -0.483. The van der Waals surface area contributed by atoms with E-state index in [9.17, 15) is 4.79 Å². The first-order valence-electron chi connectivity index (χ1n) is 6.53. The molecule has 1 unspecified atom stereocenters. The van der Waals surface area contributed by atoms with Gasteiger partial charge in [0.1, 0.15) is 12.3 Å². The van der Waals surface area contributed by atoms with Crippen molar-refractivity contribution >= 4 is 11.7 Å². The van der Waals surface area contributed by atoms with Crippen molar-refractivity contribution in [2.75, 3.05) is 5.73 Å². The molecule has 2 aromatic rings. The van der Waals surface area contributed by atoms with E-state index in [1.54, 1.807) is 6.07 Å². The van der Waals surface area contributed by atoms with E-state index < -0.39 is 5.97 Å². The smallest absolute Gasteiger partial charge is 0.357 e. The zero-order valence-corrected chi connectivity index (χ0v) is 11.6. The van der Waals surface area contributed by atoms with E-state index in [0.717, 1.165) is 6.42 Å². The fraction of sp³-hybridized carbons (Fsp3) is 0.357. The third-order valence-corrected chi connectivity index (χ3v) is 3.05. The molecule has 0 bridgehead atoms. The standard InChI is InChI=1S/C14H18N4O2/c1-3-10(2)18-7-6-12(17-18)9-20-14(19)13-5-4-11(15)8-16-13/h4-8,10H,3,9,15H2,1-2H3. The number of ether oxygens (including phenoxy) is 1. The average molecular weight is 274 g/mol. The molecule has 0 saturated carbocycles. The minimum Gasteiger partial charge on any atom is -0.454 e. The number of rotatable bonds is 5. The number of pyridine rings is 1. The number of nitrogens with two attached hydrogens (primary N) is 1. The van der Waals surface area contributed by atoms with Gasteiger partial charge in [-0.25, -0.2) is 9.78 Å². The van der Waals surface area contributed by atoms with Crippen molar-refractivity contribution in [2.24, 2.45) is 0 Å². The molecule has 0 fully saturated rings. The van der Waals surface area contributed by atoms with Crippen LogP contribution < -0.4 is 5.73 Å². The van der Waals surface area contributed by atoms with Crippen LogP contribution in [-0.2, 0) is 11.3 Å². The first kappa shape index (κ1) is 14.0. The number of nitrogen functional groups attached to an aromatic ring is 1. The molecule has 0 saturated heterocycles.